The normalized spacial score (nSPS) is 16.5. The van der Waals surface area contributed by atoms with Crippen molar-refractivity contribution >= 4 is 11.6 Å². The molecule has 0 spiro atoms. The minimum absolute atomic E-state index is 0.190. The topological polar surface area (TPSA) is 26.8 Å². The van der Waals surface area contributed by atoms with E-state index in [1.54, 1.807) is 6.92 Å². The zero-order chi connectivity index (χ0) is 13.8. The lowest BCUT2D eigenvalue weighted by Crippen LogP contribution is -2.47. The average molecular weight is 261 g/mol. The smallest absolute Gasteiger partial charge is 0.219 e. The van der Waals surface area contributed by atoms with Gasteiger partial charge in [0.05, 0.1) is 0 Å². The van der Waals surface area contributed by atoms with Gasteiger partial charge in [-0.15, -0.1) is 0 Å². The molecule has 104 valence electrons. The Morgan fingerprint density at radius 2 is 1.68 bits per heavy atom. The standard InChI is InChI=1S/C15H23N3O/c1-13(19)18-10-8-17(9-11-18)12-14-4-6-15(7-5-14)16(2)3/h4-7H,8-12H2,1-3H3. The van der Waals surface area contributed by atoms with Crippen molar-refractivity contribution in [1.82, 2.24) is 9.80 Å². The number of hydrogen-bond donors (Lipinski definition) is 0. The first-order valence-corrected chi connectivity index (χ1v) is 6.80. The molecule has 1 fully saturated rings. The van der Waals surface area contributed by atoms with E-state index in [1.807, 2.05) is 4.90 Å². The Bertz CT molecular complexity index is 420. The van der Waals surface area contributed by atoms with Crippen LogP contribution < -0.4 is 4.90 Å². The van der Waals surface area contributed by atoms with Gasteiger partial charge in [0.2, 0.25) is 5.91 Å². The first-order chi connectivity index (χ1) is 9.06. The minimum Gasteiger partial charge on any atom is -0.378 e. The van der Waals surface area contributed by atoms with Crippen molar-refractivity contribution in [3.05, 3.63) is 29.8 Å². The predicted molar refractivity (Wildman–Crippen MR) is 78.3 cm³/mol. The molecule has 0 unspecified atom stereocenters. The zero-order valence-corrected chi connectivity index (χ0v) is 12.1. The summed E-state index contributed by atoms with van der Waals surface area (Å²) in [7, 11) is 4.10. The molecular weight excluding hydrogens is 238 g/mol. The van der Waals surface area contributed by atoms with Crippen LogP contribution in [0.5, 0.6) is 0 Å². The maximum Gasteiger partial charge on any atom is 0.219 e. The third kappa shape index (κ3) is 3.70. The number of carbonyl (C=O) groups is 1. The van der Waals surface area contributed by atoms with Gasteiger partial charge in [-0.2, -0.15) is 0 Å². The van der Waals surface area contributed by atoms with Crippen molar-refractivity contribution in [3.8, 4) is 0 Å². The highest BCUT2D eigenvalue weighted by atomic mass is 16.2. The Kier molecular flexibility index (Phi) is 4.43. The second-order valence-electron chi connectivity index (χ2n) is 5.34. The van der Waals surface area contributed by atoms with Crippen molar-refractivity contribution < 1.29 is 4.79 Å². The van der Waals surface area contributed by atoms with Gasteiger partial charge in [-0.25, -0.2) is 0 Å². The molecule has 0 radical (unpaired) electrons. The summed E-state index contributed by atoms with van der Waals surface area (Å²) in [5.74, 6) is 0.190. The predicted octanol–water partition coefficient (Wildman–Crippen LogP) is 1.42. The number of nitrogens with zero attached hydrogens (tertiary/aromatic N) is 3. The van der Waals surface area contributed by atoms with E-state index in [4.69, 9.17) is 0 Å². The van der Waals surface area contributed by atoms with Crippen molar-refractivity contribution in [1.29, 1.82) is 0 Å². The van der Waals surface area contributed by atoms with Crippen LogP contribution in [0.4, 0.5) is 5.69 Å². The number of amides is 1. The molecule has 4 nitrogen and oxygen atoms in total. The van der Waals surface area contributed by atoms with E-state index in [0.717, 1.165) is 32.7 Å². The maximum atomic E-state index is 11.3. The Hall–Kier alpha value is -1.55. The largest absolute Gasteiger partial charge is 0.378 e. The molecule has 0 bridgehead atoms. The number of rotatable bonds is 3. The quantitative estimate of drug-likeness (QED) is 0.823. The Balaban J connectivity index is 1.87. The zero-order valence-electron chi connectivity index (χ0n) is 12.1. The lowest BCUT2D eigenvalue weighted by atomic mass is 10.1. The van der Waals surface area contributed by atoms with Crippen LogP contribution in [-0.4, -0.2) is 56.0 Å². The molecule has 1 amide bonds. The fourth-order valence-electron chi connectivity index (χ4n) is 2.38. The van der Waals surface area contributed by atoms with Crippen LogP contribution in [0.2, 0.25) is 0 Å². The van der Waals surface area contributed by atoms with E-state index in [0.29, 0.717) is 0 Å². The fourth-order valence-corrected chi connectivity index (χ4v) is 2.38. The summed E-state index contributed by atoms with van der Waals surface area (Å²) >= 11 is 0. The van der Waals surface area contributed by atoms with Crippen molar-refractivity contribution in [2.24, 2.45) is 0 Å². The lowest BCUT2D eigenvalue weighted by molar-refractivity contribution is -0.130. The third-order valence-electron chi connectivity index (χ3n) is 3.68. The highest BCUT2D eigenvalue weighted by Crippen LogP contribution is 2.14. The Labute approximate surface area is 115 Å². The van der Waals surface area contributed by atoms with Gasteiger partial charge in [-0.3, -0.25) is 9.69 Å². The van der Waals surface area contributed by atoms with E-state index in [9.17, 15) is 4.79 Å². The minimum atomic E-state index is 0.190. The van der Waals surface area contributed by atoms with Crippen LogP contribution in [0.3, 0.4) is 0 Å². The summed E-state index contributed by atoms with van der Waals surface area (Å²) in [5.41, 5.74) is 2.56. The molecule has 1 heterocycles. The fraction of sp³-hybridized carbons (Fsp3) is 0.533. The van der Waals surface area contributed by atoms with Gasteiger partial charge >= 0.3 is 0 Å². The number of anilines is 1. The van der Waals surface area contributed by atoms with Crippen LogP contribution in [0.1, 0.15) is 12.5 Å². The van der Waals surface area contributed by atoms with Gasteiger partial charge < -0.3 is 9.80 Å². The monoisotopic (exact) mass is 261 g/mol. The van der Waals surface area contributed by atoms with Crippen molar-refractivity contribution in [3.63, 3.8) is 0 Å². The van der Waals surface area contributed by atoms with E-state index < -0.39 is 0 Å². The van der Waals surface area contributed by atoms with Gasteiger partial charge in [-0.05, 0) is 17.7 Å². The summed E-state index contributed by atoms with van der Waals surface area (Å²) in [6.07, 6.45) is 0. The summed E-state index contributed by atoms with van der Waals surface area (Å²) < 4.78 is 0. The molecule has 4 heteroatoms. The highest BCUT2D eigenvalue weighted by Gasteiger charge is 2.18. The van der Waals surface area contributed by atoms with Crippen molar-refractivity contribution in [2.75, 3.05) is 45.2 Å². The van der Waals surface area contributed by atoms with Gasteiger partial charge in [0, 0.05) is 59.4 Å². The summed E-state index contributed by atoms with van der Waals surface area (Å²) in [6.45, 7) is 6.26. The van der Waals surface area contributed by atoms with Crippen LogP contribution in [0.25, 0.3) is 0 Å². The van der Waals surface area contributed by atoms with E-state index in [1.165, 1.54) is 11.3 Å². The molecular formula is C15H23N3O. The van der Waals surface area contributed by atoms with Crippen LogP contribution in [0.15, 0.2) is 24.3 Å². The van der Waals surface area contributed by atoms with E-state index in [2.05, 4.69) is 48.2 Å². The molecule has 1 aromatic carbocycles. The molecule has 1 aliphatic heterocycles. The van der Waals surface area contributed by atoms with Gasteiger partial charge in [0.15, 0.2) is 0 Å². The molecule has 0 aliphatic carbocycles. The highest BCUT2D eigenvalue weighted by molar-refractivity contribution is 5.73. The molecule has 1 aliphatic rings. The second kappa shape index (κ2) is 6.06. The second-order valence-corrected chi connectivity index (χ2v) is 5.34. The van der Waals surface area contributed by atoms with Crippen LogP contribution in [0, 0.1) is 0 Å². The van der Waals surface area contributed by atoms with E-state index >= 15 is 0 Å². The summed E-state index contributed by atoms with van der Waals surface area (Å²) in [4.78, 5) is 17.7. The maximum absolute atomic E-state index is 11.3. The number of piperazine rings is 1. The van der Waals surface area contributed by atoms with Crippen LogP contribution in [-0.2, 0) is 11.3 Å². The Morgan fingerprint density at radius 1 is 1.11 bits per heavy atom. The molecule has 19 heavy (non-hydrogen) atoms. The number of hydrogen-bond acceptors (Lipinski definition) is 3. The number of carbonyl (C=O) groups excluding carboxylic acids is 1. The Morgan fingerprint density at radius 3 is 2.16 bits per heavy atom. The molecule has 0 N–H and O–H groups in total. The van der Waals surface area contributed by atoms with Gasteiger partial charge in [0.1, 0.15) is 0 Å². The molecule has 1 saturated heterocycles. The lowest BCUT2D eigenvalue weighted by Gasteiger charge is -2.34. The summed E-state index contributed by atoms with van der Waals surface area (Å²) in [6, 6.07) is 8.68. The third-order valence-corrected chi connectivity index (χ3v) is 3.68. The SMILES string of the molecule is CC(=O)N1CCN(Cc2ccc(N(C)C)cc2)CC1. The molecule has 0 aromatic heterocycles. The van der Waals surface area contributed by atoms with Gasteiger partial charge in [-0.1, -0.05) is 12.1 Å². The van der Waals surface area contributed by atoms with E-state index in [-0.39, 0.29) is 5.91 Å². The first kappa shape index (κ1) is 13.9. The molecule has 1 aromatic rings. The number of benzene rings is 1. The average Bonchev–Trinajstić information content (AvgIpc) is 2.40. The molecule has 0 saturated carbocycles. The van der Waals surface area contributed by atoms with Crippen molar-refractivity contribution in [2.45, 2.75) is 13.5 Å². The first-order valence-electron chi connectivity index (χ1n) is 6.80. The van der Waals surface area contributed by atoms with Gasteiger partial charge in [0.25, 0.3) is 0 Å². The molecule has 0 atom stereocenters. The summed E-state index contributed by atoms with van der Waals surface area (Å²) in [5, 5.41) is 0. The van der Waals surface area contributed by atoms with Crippen LogP contribution >= 0.6 is 0 Å². The molecule has 2 rings (SSSR count).